The lowest BCUT2D eigenvalue weighted by Gasteiger charge is -2.28. The zero-order valence-electron chi connectivity index (χ0n) is 16.0. The van der Waals surface area contributed by atoms with Gasteiger partial charge in [0.2, 0.25) is 5.56 Å². The molecule has 1 heterocycles. The van der Waals surface area contributed by atoms with E-state index in [1.807, 2.05) is 85.5 Å². The lowest BCUT2D eigenvalue weighted by atomic mass is 10.0. The first-order valence-corrected chi connectivity index (χ1v) is 9.44. The summed E-state index contributed by atoms with van der Waals surface area (Å²) in [6.45, 7) is 4.38. The normalized spacial score (nSPS) is 11.2. The van der Waals surface area contributed by atoms with E-state index in [-0.39, 0.29) is 17.5 Å². The maximum atomic E-state index is 13.5. The molecule has 0 spiro atoms. The number of hydrogen-bond acceptors (Lipinski definition) is 2. The van der Waals surface area contributed by atoms with E-state index >= 15 is 0 Å². The van der Waals surface area contributed by atoms with Gasteiger partial charge in [-0.2, -0.15) is 0 Å². The molecular formula is C24H22N2O2. The molecule has 1 amide bonds. The summed E-state index contributed by atoms with van der Waals surface area (Å²) in [5, 5.41) is 2.94. The van der Waals surface area contributed by atoms with Crippen molar-refractivity contribution in [3.63, 3.8) is 0 Å². The van der Waals surface area contributed by atoms with Crippen LogP contribution in [0.1, 0.15) is 29.8 Å². The average Bonchev–Trinajstić information content (AvgIpc) is 2.70. The maximum absolute atomic E-state index is 13.5. The minimum atomic E-state index is -0.157. The smallest absolute Gasteiger partial charge is 0.255 e. The summed E-state index contributed by atoms with van der Waals surface area (Å²) >= 11 is 0. The van der Waals surface area contributed by atoms with Gasteiger partial charge in [-0.3, -0.25) is 9.59 Å². The number of nitrogens with zero attached hydrogens (tertiary/aromatic N) is 1. The Hall–Kier alpha value is -3.40. The molecular weight excluding hydrogens is 348 g/mol. The summed E-state index contributed by atoms with van der Waals surface area (Å²) in [5.41, 5.74) is 2.16. The van der Waals surface area contributed by atoms with Crippen LogP contribution in [0.3, 0.4) is 0 Å². The number of pyridine rings is 1. The molecule has 4 rings (SSSR count). The third kappa shape index (κ3) is 3.29. The van der Waals surface area contributed by atoms with Gasteiger partial charge in [-0.25, -0.2) is 0 Å². The first kappa shape index (κ1) is 18.0. The third-order valence-electron chi connectivity index (χ3n) is 5.08. The summed E-state index contributed by atoms with van der Waals surface area (Å²) in [4.78, 5) is 30.3. The van der Waals surface area contributed by atoms with E-state index in [0.717, 1.165) is 27.2 Å². The van der Waals surface area contributed by atoms with E-state index in [1.165, 1.54) is 0 Å². The second kappa shape index (κ2) is 7.31. The standard InChI is InChI=1S/C24H22N2O2/c1-16(2)26(15-18-14-23(27)25-22-13-6-5-11-20(18)22)24(28)21-12-7-9-17-8-3-4-10-19(17)21/h3-14,16H,15H2,1-2H3,(H,25,27). The van der Waals surface area contributed by atoms with Gasteiger partial charge in [-0.15, -0.1) is 0 Å². The van der Waals surface area contributed by atoms with Crippen LogP contribution in [0, 0.1) is 0 Å². The van der Waals surface area contributed by atoms with E-state index in [1.54, 1.807) is 6.07 Å². The summed E-state index contributed by atoms with van der Waals surface area (Å²) in [5.74, 6) is -0.0313. The number of rotatable bonds is 4. The lowest BCUT2D eigenvalue weighted by Crippen LogP contribution is -2.36. The number of aromatic nitrogens is 1. The van der Waals surface area contributed by atoms with Crippen molar-refractivity contribution in [3.8, 4) is 0 Å². The predicted molar refractivity (Wildman–Crippen MR) is 114 cm³/mol. The summed E-state index contributed by atoms with van der Waals surface area (Å²) in [7, 11) is 0. The number of fused-ring (bicyclic) bond motifs is 2. The number of aromatic amines is 1. The fourth-order valence-corrected chi connectivity index (χ4v) is 3.65. The third-order valence-corrected chi connectivity index (χ3v) is 5.08. The monoisotopic (exact) mass is 370 g/mol. The van der Waals surface area contributed by atoms with E-state index in [2.05, 4.69) is 4.98 Å². The second-order valence-electron chi connectivity index (χ2n) is 7.26. The van der Waals surface area contributed by atoms with Crippen LogP contribution < -0.4 is 5.56 Å². The van der Waals surface area contributed by atoms with Crippen LogP contribution in [0.25, 0.3) is 21.7 Å². The van der Waals surface area contributed by atoms with Gasteiger partial charge < -0.3 is 9.88 Å². The Morgan fingerprint density at radius 1 is 0.929 bits per heavy atom. The van der Waals surface area contributed by atoms with Gasteiger partial charge >= 0.3 is 0 Å². The molecule has 0 bridgehead atoms. The maximum Gasteiger partial charge on any atom is 0.255 e. The van der Waals surface area contributed by atoms with Gasteiger partial charge in [0.15, 0.2) is 0 Å². The highest BCUT2D eigenvalue weighted by Crippen LogP contribution is 2.23. The minimum absolute atomic E-state index is 0.00971. The van der Waals surface area contributed by atoms with Crippen LogP contribution in [0.15, 0.2) is 77.6 Å². The van der Waals surface area contributed by atoms with Gasteiger partial charge in [0, 0.05) is 35.1 Å². The topological polar surface area (TPSA) is 53.2 Å². The Labute approximate surface area is 163 Å². The molecule has 0 saturated heterocycles. The number of carbonyl (C=O) groups is 1. The number of amides is 1. The van der Waals surface area contributed by atoms with Crippen molar-refractivity contribution in [2.75, 3.05) is 0 Å². The van der Waals surface area contributed by atoms with Crippen LogP contribution in [-0.2, 0) is 6.54 Å². The first-order chi connectivity index (χ1) is 13.5. The van der Waals surface area contributed by atoms with Gasteiger partial charge in [-0.05, 0) is 42.3 Å². The molecule has 1 N–H and O–H groups in total. The Kier molecular flexibility index (Phi) is 4.70. The number of H-pyrrole nitrogens is 1. The van der Waals surface area contributed by atoms with Crippen molar-refractivity contribution < 1.29 is 4.79 Å². The molecule has 0 fully saturated rings. The fraction of sp³-hybridized carbons (Fsp3) is 0.167. The summed E-state index contributed by atoms with van der Waals surface area (Å²) in [6.07, 6.45) is 0. The minimum Gasteiger partial charge on any atom is -0.332 e. The summed E-state index contributed by atoms with van der Waals surface area (Å²) < 4.78 is 0. The zero-order valence-corrected chi connectivity index (χ0v) is 16.0. The van der Waals surface area contributed by atoms with Crippen LogP contribution in [0.4, 0.5) is 0 Å². The highest BCUT2D eigenvalue weighted by atomic mass is 16.2. The molecule has 4 heteroatoms. The Morgan fingerprint density at radius 3 is 2.39 bits per heavy atom. The Morgan fingerprint density at radius 2 is 1.61 bits per heavy atom. The van der Waals surface area contributed by atoms with Crippen molar-refractivity contribution in [1.29, 1.82) is 0 Å². The number of hydrogen-bond donors (Lipinski definition) is 1. The van der Waals surface area contributed by atoms with E-state index in [4.69, 9.17) is 0 Å². The lowest BCUT2D eigenvalue weighted by molar-refractivity contribution is 0.0693. The molecule has 0 unspecified atom stereocenters. The van der Waals surface area contributed by atoms with E-state index in [0.29, 0.717) is 12.1 Å². The van der Waals surface area contributed by atoms with Crippen LogP contribution in [0.5, 0.6) is 0 Å². The second-order valence-corrected chi connectivity index (χ2v) is 7.26. The SMILES string of the molecule is CC(C)N(Cc1cc(=O)[nH]c2ccccc12)C(=O)c1cccc2ccccc12. The largest absolute Gasteiger partial charge is 0.332 e. The van der Waals surface area contributed by atoms with Gasteiger partial charge in [-0.1, -0.05) is 54.6 Å². The van der Waals surface area contributed by atoms with Crippen LogP contribution >= 0.6 is 0 Å². The molecule has 4 nitrogen and oxygen atoms in total. The Balaban J connectivity index is 1.78. The molecule has 28 heavy (non-hydrogen) atoms. The number of benzene rings is 3. The van der Waals surface area contributed by atoms with Crippen molar-refractivity contribution >= 4 is 27.6 Å². The number of para-hydroxylation sites is 1. The van der Waals surface area contributed by atoms with Crippen LogP contribution in [-0.4, -0.2) is 21.8 Å². The molecule has 0 aliphatic carbocycles. The molecule has 0 saturated carbocycles. The molecule has 0 aliphatic rings. The van der Waals surface area contributed by atoms with Crippen molar-refractivity contribution in [1.82, 2.24) is 9.88 Å². The molecule has 0 radical (unpaired) electrons. The number of carbonyl (C=O) groups excluding carboxylic acids is 1. The molecule has 140 valence electrons. The number of nitrogens with one attached hydrogen (secondary N) is 1. The van der Waals surface area contributed by atoms with Crippen molar-refractivity contribution in [2.45, 2.75) is 26.4 Å². The molecule has 4 aromatic rings. The van der Waals surface area contributed by atoms with E-state index in [9.17, 15) is 9.59 Å². The molecule has 0 atom stereocenters. The highest BCUT2D eigenvalue weighted by Gasteiger charge is 2.22. The predicted octanol–water partition coefficient (Wildman–Crippen LogP) is 4.73. The zero-order chi connectivity index (χ0) is 19.7. The quantitative estimate of drug-likeness (QED) is 0.564. The molecule has 3 aromatic carbocycles. The highest BCUT2D eigenvalue weighted by molar-refractivity contribution is 6.07. The fourth-order valence-electron chi connectivity index (χ4n) is 3.65. The molecule has 0 aliphatic heterocycles. The van der Waals surface area contributed by atoms with Crippen molar-refractivity contribution in [2.24, 2.45) is 0 Å². The van der Waals surface area contributed by atoms with Gasteiger partial charge in [0.05, 0.1) is 0 Å². The first-order valence-electron chi connectivity index (χ1n) is 9.44. The van der Waals surface area contributed by atoms with Crippen LogP contribution in [0.2, 0.25) is 0 Å². The summed E-state index contributed by atoms with van der Waals surface area (Å²) in [6, 6.07) is 23.0. The molecule has 1 aromatic heterocycles. The average molecular weight is 370 g/mol. The van der Waals surface area contributed by atoms with Gasteiger partial charge in [0.25, 0.3) is 5.91 Å². The van der Waals surface area contributed by atoms with E-state index < -0.39 is 0 Å². The Bertz CT molecular complexity index is 1220. The van der Waals surface area contributed by atoms with Gasteiger partial charge in [0.1, 0.15) is 0 Å². The van der Waals surface area contributed by atoms with Crippen molar-refractivity contribution in [3.05, 3.63) is 94.3 Å².